The molecule has 6 nitrogen and oxygen atoms in total. The van der Waals surface area contributed by atoms with Crippen molar-refractivity contribution in [2.45, 2.75) is 0 Å². The lowest BCUT2D eigenvalue weighted by Gasteiger charge is -2.10. The highest BCUT2D eigenvalue weighted by atomic mass is 79.9. The van der Waals surface area contributed by atoms with Gasteiger partial charge in [0, 0.05) is 10.0 Å². The Morgan fingerprint density at radius 1 is 0.935 bits per heavy atom. The van der Waals surface area contributed by atoms with Gasteiger partial charge in [0.05, 0.1) is 28.9 Å². The normalized spacial score (nSPS) is 10.7. The zero-order chi connectivity index (χ0) is 22.4. The Hall–Kier alpha value is -2.87. The number of amides is 1. The fourth-order valence-electron chi connectivity index (χ4n) is 2.46. The Balaban J connectivity index is 1.68. The fraction of sp³-hybridized carbons (Fsp3) is 0.0455. The molecular formula is C22H15BrCl2N2O4. The summed E-state index contributed by atoms with van der Waals surface area (Å²) in [6.07, 6.45) is 1.45. The van der Waals surface area contributed by atoms with Crippen LogP contribution >= 0.6 is 39.1 Å². The molecule has 0 spiro atoms. The lowest BCUT2D eigenvalue weighted by Crippen LogP contribution is -2.17. The number of hydrogen-bond acceptors (Lipinski definition) is 5. The maximum Gasteiger partial charge on any atom is 0.343 e. The maximum atomic E-state index is 12.4. The Bertz CT molecular complexity index is 1150. The third-order valence-corrected chi connectivity index (χ3v) is 5.30. The Labute approximate surface area is 196 Å². The second-order valence-electron chi connectivity index (χ2n) is 6.13. The number of nitrogens with zero attached hydrogens (tertiary/aromatic N) is 1. The summed E-state index contributed by atoms with van der Waals surface area (Å²) < 4.78 is 11.6. The van der Waals surface area contributed by atoms with Crippen molar-refractivity contribution >= 4 is 57.2 Å². The molecule has 0 unspecified atom stereocenters. The summed E-state index contributed by atoms with van der Waals surface area (Å²) in [5.74, 6) is -0.422. The van der Waals surface area contributed by atoms with Crippen LogP contribution in [0.5, 0.6) is 11.5 Å². The molecule has 0 aliphatic heterocycles. The summed E-state index contributed by atoms with van der Waals surface area (Å²) in [4.78, 5) is 24.5. The predicted octanol–water partition coefficient (Wildman–Crippen LogP) is 5.75. The Kier molecular flexibility index (Phi) is 7.68. The Morgan fingerprint density at radius 3 is 2.32 bits per heavy atom. The lowest BCUT2D eigenvalue weighted by atomic mass is 10.2. The van der Waals surface area contributed by atoms with Gasteiger partial charge in [-0.2, -0.15) is 5.10 Å². The summed E-state index contributed by atoms with van der Waals surface area (Å²) >= 11 is 15.1. The van der Waals surface area contributed by atoms with E-state index in [-0.39, 0.29) is 22.2 Å². The summed E-state index contributed by atoms with van der Waals surface area (Å²) in [5, 5.41) is 4.53. The molecule has 0 heterocycles. The molecule has 158 valence electrons. The average molecular weight is 522 g/mol. The second kappa shape index (κ2) is 10.4. The lowest BCUT2D eigenvalue weighted by molar-refractivity contribution is 0.0729. The van der Waals surface area contributed by atoms with Crippen LogP contribution in [0.4, 0.5) is 0 Å². The maximum absolute atomic E-state index is 12.4. The fourth-order valence-corrected chi connectivity index (χ4v) is 3.02. The van der Waals surface area contributed by atoms with Gasteiger partial charge in [-0.1, -0.05) is 39.1 Å². The number of hydrazone groups is 1. The molecule has 9 heteroatoms. The van der Waals surface area contributed by atoms with E-state index in [1.807, 2.05) is 0 Å². The number of nitrogens with one attached hydrogen (secondary N) is 1. The van der Waals surface area contributed by atoms with E-state index in [1.54, 1.807) is 42.5 Å². The van der Waals surface area contributed by atoms with Gasteiger partial charge in [-0.05, 0) is 66.2 Å². The van der Waals surface area contributed by atoms with Gasteiger partial charge in [0.15, 0.2) is 11.5 Å². The standard InChI is InChI=1S/C22H15BrCl2N2O4/c1-30-20-10-13(12-26-27-21(28)14-3-6-16(23)7-4-14)2-9-19(20)31-22(29)15-5-8-17(24)18(25)11-15/h2-12H,1H3,(H,27,28)/b26-12+. The van der Waals surface area contributed by atoms with E-state index < -0.39 is 5.97 Å². The monoisotopic (exact) mass is 520 g/mol. The minimum absolute atomic E-state index is 0.217. The molecule has 0 fully saturated rings. The summed E-state index contributed by atoms with van der Waals surface area (Å²) in [5.41, 5.74) is 3.80. The minimum Gasteiger partial charge on any atom is -0.493 e. The first-order valence-electron chi connectivity index (χ1n) is 8.81. The van der Waals surface area contributed by atoms with Crippen molar-refractivity contribution < 1.29 is 19.1 Å². The first-order valence-corrected chi connectivity index (χ1v) is 10.4. The highest BCUT2D eigenvalue weighted by molar-refractivity contribution is 9.10. The summed E-state index contributed by atoms with van der Waals surface area (Å²) in [6.45, 7) is 0. The molecular weight excluding hydrogens is 507 g/mol. The number of rotatable bonds is 6. The van der Waals surface area contributed by atoms with Crippen LogP contribution in [0.15, 0.2) is 70.2 Å². The largest absolute Gasteiger partial charge is 0.493 e. The van der Waals surface area contributed by atoms with Gasteiger partial charge in [-0.3, -0.25) is 4.79 Å². The molecule has 0 radical (unpaired) electrons. The van der Waals surface area contributed by atoms with Gasteiger partial charge in [-0.15, -0.1) is 0 Å². The van der Waals surface area contributed by atoms with E-state index in [9.17, 15) is 9.59 Å². The quantitative estimate of drug-likeness (QED) is 0.194. The highest BCUT2D eigenvalue weighted by Crippen LogP contribution is 2.29. The van der Waals surface area contributed by atoms with Crippen LogP contribution in [0.2, 0.25) is 10.0 Å². The van der Waals surface area contributed by atoms with Crippen LogP contribution in [0, 0.1) is 0 Å². The van der Waals surface area contributed by atoms with E-state index in [1.165, 1.54) is 31.5 Å². The molecule has 0 bridgehead atoms. The van der Waals surface area contributed by atoms with E-state index in [4.69, 9.17) is 32.7 Å². The second-order valence-corrected chi connectivity index (χ2v) is 7.86. The van der Waals surface area contributed by atoms with Crippen LogP contribution in [-0.4, -0.2) is 25.2 Å². The summed E-state index contributed by atoms with van der Waals surface area (Å²) in [6, 6.07) is 16.2. The van der Waals surface area contributed by atoms with E-state index in [0.29, 0.717) is 21.9 Å². The number of carbonyl (C=O) groups is 2. The number of carbonyl (C=O) groups excluding carboxylic acids is 2. The smallest absolute Gasteiger partial charge is 0.343 e. The van der Waals surface area contributed by atoms with Gasteiger partial charge in [0.2, 0.25) is 0 Å². The Morgan fingerprint density at radius 2 is 1.65 bits per heavy atom. The molecule has 0 atom stereocenters. The molecule has 31 heavy (non-hydrogen) atoms. The van der Waals surface area contributed by atoms with Crippen LogP contribution in [0.3, 0.4) is 0 Å². The molecule has 3 aromatic rings. The number of ether oxygens (including phenoxy) is 2. The van der Waals surface area contributed by atoms with Gasteiger partial charge < -0.3 is 9.47 Å². The third-order valence-electron chi connectivity index (χ3n) is 4.03. The van der Waals surface area contributed by atoms with E-state index in [2.05, 4.69) is 26.5 Å². The minimum atomic E-state index is -0.611. The van der Waals surface area contributed by atoms with Crippen LogP contribution in [-0.2, 0) is 0 Å². The zero-order valence-electron chi connectivity index (χ0n) is 16.1. The first-order chi connectivity index (χ1) is 14.9. The first kappa shape index (κ1) is 22.8. The van der Waals surface area contributed by atoms with Crippen molar-refractivity contribution in [3.8, 4) is 11.5 Å². The van der Waals surface area contributed by atoms with Gasteiger partial charge in [-0.25, -0.2) is 10.2 Å². The molecule has 3 rings (SSSR count). The molecule has 0 saturated heterocycles. The van der Waals surface area contributed by atoms with Gasteiger partial charge in [0.1, 0.15) is 0 Å². The topological polar surface area (TPSA) is 77.0 Å². The van der Waals surface area contributed by atoms with Crippen LogP contribution in [0.25, 0.3) is 0 Å². The predicted molar refractivity (Wildman–Crippen MR) is 124 cm³/mol. The van der Waals surface area contributed by atoms with E-state index in [0.717, 1.165) is 4.47 Å². The highest BCUT2D eigenvalue weighted by Gasteiger charge is 2.14. The van der Waals surface area contributed by atoms with Crippen molar-refractivity contribution in [2.24, 2.45) is 5.10 Å². The van der Waals surface area contributed by atoms with Crippen molar-refractivity contribution in [2.75, 3.05) is 7.11 Å². The molecule has 1 amide bonds. The molecule has 1 N–H and O–H groups in total. The van der Waals surface area contributed by atoms with Crippen molar-refractivity contribution in [1.82, 2.24) is 5.43 Å². The SMILES string of the molecule is COc1cc(/C=N/NC(=O)c2ccc(Br)cc2)ccc1OC(=O)c1ccc(Cl)c(Cl)c1. The molecule has 3 aromatic carbocycles. The van der Waals surface area contributed by atoms with Crippen LogP contribution in [0.1, 0.15) is 26.3 Å². The number of benzene rings is 3. The molecule has 0 saturated carbocycles. The number of halogens is 3. The number of methoxy groups -OCH3 is 1. The summed E-state index contributed by atoms with van der Waals surface area (Å²) in [7, 11) is 1.45. The average Bonchev–Trinajstić information content (AvgIpc) is 2.76. The van der Waals surface area contributed by atoms with Gasteiger partial charge in [0.25, 0.3) is 5.91 Å². The third kappa shape index (κ3) is 6.07. The zero-order valence-corrected chi connectivity index (χ0v) is 19.2. The molecule has 0 aromatic heterocycles. The molecule has 0 aliphatic rings. The van der Waals surface area contributed by atoms with Gasteiger partial charge >= 0.3 is 5.97 Å². The molecule has 0 aliphatic carbocycles. The van der Waals surface area contributed by atoms with Crippen molar-refractivity contribution in [3.63, 3.8) is 0 Å². The van der Waals surface area contributed by atoms with E-state index >= 15 is 0 Å². The van der Waals surface area contributed by atoms with Crippen molar-refractivity contribution in [1.29, 1.82) is 0 Å². The van der Waals surface area contributed by atoms with Crippen molar-refractivity contribution in [3.05, 3.63) is 91.9 Å². The number of esters is 1. The number of hydrogen-bond donors (Lipinski definition) is 1. The van der Waals surface area contributed by atoms with Crippen LogP contribution < -0.4 is 14.9 Å².